The summed E-state index contributed by atoms with van der Waals surface area (Å²) in [5.74, 6) is 0.603. The number of hydrogen-bond acceptors (Lipinski definition) is 5. The monoisotopic (exact) mass is 377 g/mol. The number of aliphatic carboxylic acids is 1. The molecule has 1 N–H and O–H groups in total. The third kappa shape index (κ3) is 3.59. The maximum Gasteiger partial charge on any atom is 0.320 e. The molecule has 2 aromatic rings. The van der Waals surface area contributed by atoms with Crippen LogP contribution in [-0.2, 0) is 11.2 Å². The summed E-state index contributed by atoms with van der Waals surface area (Å²) in [7, 11) is 0. The Labute approximate surface area is 158 Å². The minimum absolute atomic E-state index is 0. The van der Waals surface area contributed by atoms with Gasteiger partial charge in [0.2, 0.25) is 0 Å². The van der Waals surface area contributed by atoms with E-state index < -0.39 is 5.97 Å². The number of halogens is 1. The van der Waals surface area contributed by atoms with Crippen LogP contribution in [0.4, 0.5) is 0 Å². The molecule has 1 saturated heterocycles. The number of nitrogens with zero attached hydrogens (tertiary/aromatic N) is 5. The van der Waals surface area contributed by atoms with Crippen LogP contribution in [0.3, 0.4) is 0 Å². The first-order valence-electron chi connectivity index (χ1n) is 9.05. The number of carbonyl (C=O) groups is 1. The Balaban J connectivity index is 0.00000196. The number of tetrazole rings is 1. The molecule has 1 saturated carbocycles. The Hall–Kier alpha value is -1.99. The summed E-state index contributed by atoms with van der Waals surface area (Å²) in [4.78, 5) is 13.9. The van der Waals surface area contributed by atoms with Crippen molar-refractivity contribution in [2.24, 2.45) is 5.92 Å². The summed E-state index contributed by atoms with van der Waals surface area (Å²) in [5, 5.41) is 21.7. The van der Waals surface area contributed by atoms with E-state index in [1.165, 1.54) is 12.8 Å². The van der Waals surface area contributed by atoms with Gasteiger partial charge in [-0.2, -0.15) is 4.68 Å². The fraction of sp³-hybridized carbons (Fsp3) is 0.556. The van der Waals surface area contributed by atoms with Gasteiger partial charge < -0.3 is 5.11 Å². The quantitative estimate of drug-likeness (QED) is 0.860. The van der Waals surface area contributed by atoms with E-state index in [4.69, 9.17) is 0 Å². The van der Waals surface area contributed by atoms with E-state index in [0.717, 1.165) is 30.8 Å². The van der Waals surface area contributed by atoms with E-state index in [0.29, 0.717) is 24.9 Å². The summed E-state index contributed by atoms with van der Waals surface area (Å²) in [6.07, 6.45) is 6.13. The van der Waals surface area contributed by atoms with Crippen LogP contribution < -0.4 is 0 Å². The van der Waals surface area contributed by atoms with Gasteiger partial charge in [-0.15, -0.1) is 17.5 Å². The Bertz CT molecular complexity index is 738. The lowest BCUT2D eigenvalue weighted by molar-refractivity contribution is -0.142. The fourth-order valence-electron chi connectivity index (χ4n) is 4.48. The smallest absolute Gasteiger partial charge is 0.320 e. The molecule has 3 atom stereocenters. The van der Waals surface area contributed by atoms with Gasteiger partial charge in [0.05, 0.1) is 5.69 Å². The summed E-state index contributed by atoms with van der Waals surface area (Å²) in [6, 6.07) is 9.83. The minimum atomic E-state index is -0.697. The van der Waals surface area contributed by atoms with Crippen LogP contribution in [-0.4, -0.2) is 54.8 Å². The van der Waals surface area contributed by atoms with Crippen LogP contribution in [0.2, 0.25) is 0 Å². The lowest BCUT2D eigenvalue weighted by Crippen LogP contribution is -2.43. The number of para-hydroxylation sites is 1. The molecule has 26 heavy (non-hydrogen) atoms. The zero-order valence-corrected chi connectivity index (χ0v) is 15.4. The van der Waals surface area contributed by atoms with Gasteiger partial charge in [-0.3, -0.25) is 9.69 Å². The van der Waals surface area contributed by atoms with Crippen molar-refractivity contribution in [3.8, 4) is 5.69 Å². The second-order valence-corrected chi connectivity index (χ2v) is 7.03. The van der Waals surface area contributed by atoms with Crippen LogP contribution in [0.5, 0.6) is 0 Å². The Morgan fingerprint density at radius 1 is 1.19 bits per heavy atom. The largest absolute Gasteiger partial charge is 0.480 e. The summed E-state index contributed by atoms with van der Waals surface area (Å²) in [5.41, 5.74) is 0.925. The molecule has 1 aromatic heterocycles. The molecule has 1 aliphatic heterocycles. The fourth-order valence-corrected chi connectivity index (χ4v) is 4.48. The van der Waals surface area contributed by atoms with Gasteiger partial charge in [0.15, 0.2) is 5.82 Å². The van der Waals surface area contributed by atoms with Crippen LogP contribution in [0.15, 0.2) is 30.3 Å². The van der Waals surface area contributed by atoms with Gasteiger partial charge in [0, 0.05) is 19.0 Å². The Kier molecular flexibility index (Phi) is 5.88. The number of fused-ring (bicyclic) bond motifs is 1. The van der Waals surface area contributed by atoms with Gasteiger partial charge in [-0.05, 0) is 47.7 Å². The number of carboxylic acid groups (broad SMARTS) is 1. The number of benzene rings is 1. The van der Waals surface area contributed by atoms with Gasteiger partial charge in [0.1, 0.15) is 6.04 Å². The number of carboxylic acids is 1. The van der Waals surface area contributed by atoms with Crippen molar-refractivity contribution in [1.82, 2.24) is 25.1 Å². The molecule has 1 aromatic carbocycles. The number of hydrogen-bond donors (Lipinski definition) is 1. The zero-order chi connectivity index (χ0) is 17.2. The molecule has 140 valence electrons. The topological polar surface area (TPSA) is 84.1 Å². The summed E-state index contributed by atoms with van der Waals surface area (Å²) >= 11 is 0. The normalized spacial score (nSPS) is 25.5. The van der Waals surface area contributed by atoms with Crippen molar-refractivity contribution in [3.05, 3.63) is 36.2 Å². The highest BCUT2D eigenvalue weighted by atomic mass is 35.5. The second-order valence-electron chi connectivity index (χ2n) is 7.03. The van der Waals surface area contributed by atoms with Crippen LogP contribution in [0, 0.1) is 5.92 Å². The molecule has 0 radical (unpaired) electrons. The van der Waals surface area contributed by atoms with Crippen molar-refractivity contribution in [1.29, 1.82) is 0 Å². The molecule has 8 heteroatoms. The minimum Gasteiger partial charge on any atom is -0.480 e. The molecule has 0 bridgehead atoms. The van der Waals surface area contributed by atoms with Crippen molar-refractivity contribution in [2.45, 2.75) is 50.6 Å². The van der Waals surface area contributed by atoms with Crippen LogP contribution in [0.1, 0.15) is 37.9 Å². The lowest BCUT2D eigenvalue weighted by Gasteiger charge is -2.32. The van der Waals surface area contributed by atoms with Gasteiger partial charge in [-0.25, -0.2) is 0 Å². The first kappa shape index (κ1) is 18.8. The molecule has 7 nitrogen and oxygen atoms in total. The summed E-state index contributed by atoms with van der Waals surface area (Å²) in [6.45, 7) is 0.686. The van der Waals surface area contributed by atoms with E-state index in [2.05, 4.69) is 20.4 Å². The van der Waals surface area contributed by atoms with E-state index in [9.17, 15) is 9.90 Å². The molecule has 0 spiro atoms. The van der Waals surface area contributed by atoms with Crippen LogP contribution in [0.25, 0.3) is 5.69 Å². The van der Waals surface area contributed by atoms with E-state index in [-0.39, 0.29) is 18.4 Å². The molecule has 0 amide bonds. The molecular formula is C18H24ClN5O2. The van der Waals surface area contributed by atoms with E-state index in [1.54, 1.807) is 4.68 Å². The lowest BCUT2D eigenvalue weighted by atomic mass is 9.85. The van der Waals surface area contributed by atoms with Crippen molar-refractivity contribution in [3.63, 3.8) is 0 Å². The molecule has 3 unspecified atom stereocenters. The first-order valence-corrected chi connectivity index (χ1v) is 9.05. The average Bonchev–Trinajstić information content (AvgIpc) is 3.25. The Morgan fingerprint density at radius 3 is 2.73 bits per heavy atom. The first-order chi connectivity index (χ1) is 12.2. The van der Waals surface area contributed by atoms with Gasteiger partial charge in [-0.1, -0.05) is 31.0 Å². The number of aromatic nitrogens is 4. The van der Waals surface area contributed by atoms with Gasteiger partial charge in [0.25, 0.3) is 0 Å². The predicted molar refractivity (Wildman–Crippen MR) is 98.6 cm³/mol. The van der Waals surface area contributed by atoms with Crippen molar-refractivity contribution in [2.75, 3.05) is 6.54 Å². The average molecular weight is 378 g/mol. The van der Waals surface area contributed by atoms with Crippen molar-refractivity contribution >= 4 is 18.4 Å². The highest BCUT2D eigenvalue weighted by molar-refractivity contribution is 5.85. The van der Waals surface area contributed by atoms with E-state index in [1.807, 2.05) is 30.3 Å². The maximum atomic E-state index is 11.7. The third-order valence-electron chi connectivity index (χ3n) is 5.63. The second kappa shape index (κ2) is 8.14. The highest BCUT2D eigenvalue weighted by Gasteiger charge is 2.44. The highest BCUT2D eigenvalue weighted by Crippen LogP contribution is 2.39. The predicted octanol–water partition coefficient (Wildman–Crippen LogP) is 2.34. The molecule has 2 heterocycles. The summed E-state index contributed by atoms with van der Waals surface area (Å²) < 4.78 is 1.74. The van der Waals surface area contributed by atoms with Crippen LogP contribution >= 0.6 is 12.4 Å². The van der Waals surface area contributed by atoms with Crippen molar-refractivity contribution < 1.29 is 9.90 Å². The molecule has 4 rings (SSSR count). The van der Waals surface area contributed by atoms with E-state index >= 15 is 0 Å². The Morgan fingerprint density at radius 2 is 1.96 bits per heavy atom. The zero-order valence-electron chi connectivity index (χ0n) is 14.6. The number of likely N-dealkylation sites (tertiary alicyclic amines) is 1. The molecule has 1 aliphatic carbocycles. The standard InChI is InChI=1S/C18H23N5O2.ClH/c24-18(25)16-12-13-6-4-5-9-15(13)22(16)11-10-17-19-20-21-23(17)14-7-2-1-3-8-14;/h1-3,7-8,13,15-16H,4-6,9-12H2,(H,24,25);1H. The van der Waals surface area contributed by atoms with Gasteiger partial charge >= 0.3 is 5.97 Å². The molecule has 2 fully saturated rings. The molecule has 2 aliphatic rings. The SMILES string of the molecule is Cl.O=C(O)C1CC2CCCCC2N1CCc1nnnn1-c1ccccc1. The number of rotatable bonds is 5. The third-order valence-corrected chi connectivity index (χ3v) is 5.63. The maximum absolute atomic E-state index is 11.7. The molecular weight excluding hydrogens is 354 g/mol.